The first-order chi connectivity index (χ1) is 9.04. The molecule has 5 nitrogen and oxygen atoms in total. The lowest BCUT2D eigenvalue weighted by atomic mass is 10.3. The molecule has 2 heterocycles. The van der Waals surface area contributed by atoms with Crippen molar-refractivity contribution in [2.24, 2.45) is 0 Å². The summed E-state index contributed by atoms with van der Waals surface area (Å²) >= 11 is 1.01. The molecule has 0 radical (unpaired) electrons. The summed E-state index contributed by atoms with van der Waals surface area (Å²) in [5.74, 6) is -1.41. The van der Waals surface area contributed by atoms with Gasteiger partial charge in [-0.3, -0.25) is 4.79 Å². The number of hydrogen-bond acceptors (Lipinski definition) is 4. The Labute approximate surface area is 109 Å². The zero-order chi connectivity index (χ0) is 13.6. The Morgan fingerprint density at radius 2 is 2.21 bits per heavy atom. The SMILES string of the molecule is Nc1nc2c(F)cc(F)cc2n1Cc1csc(=O)[nH]1. The number of anilines is 1. The van der Waals surface area contributed by atoms with Crippen LogP contribution in [0.1, 0.15) is 5.69 Å². The van der Waals surface area contributed by atoms with Crippen molar-refractivity contribution >= 4 is 28.3 Å². The Balaban J connectivity index is 2.17. The first-order valence-electron chi connectivity index (χ1n) is 5.32. The molecule has 3 N–H and O–H groups in total. The van der Waals surface area contributed by atoms with Crippen LogP contribution < -0.4 is 10.6 Å². The maximum atomic E-state index is 13.6. The highest BCUT2D eigenvalue weighted by atomic mass is 32.1. The van der Waals surface area contributed by atoms with Crippen molar-refractivity contribution in [3.8, 4) is 0 Å². The molecular weight excluding hydrogens is 274 g/mol. The van der Waals surface area contributed by atoms with Crippen molar-refractivity contribution in [1.82, 2.24) is 14.5 Å². The van der Waals surface area contributed by atoms with Gasteiger partial charge in [0.1, 0.15) is 11.3 Å². The largest absolute Gasteiger partial charge is 0.369 e. The first kappa shape index (κ1) is 11.8. The molecule has 2 aromatic heterocycles. The van der Waals surface area contributed by atoms with Gasteiger partial charge in [-0.05, 0) is 0 Å². The maximum Gasteiger partial charge on any atom is 0.304 e. The molecule has 98 valence electrons. The second kappa shape index (κ2) is 4.16. The Hall–Kier alpha value is -2.22. The number of fused-ring (bicyclic) bond motifs is 1. The number of aromatic nitrogens is 3. The second-order valence-electron chi connectivity index (χ2n) is 3.98. The zero-order valence-corrected chi connectivity index (χ0v) is 10.3. The smallest absolute Gasteiger partial charge is 0.304 e. The third kappa shape index (κ3) is 1.99. The molecule has 0 amide bonds. The topological polar surface area (TPSA) is 76.7 Å². The van der Waals surface area contributed by atoms with Gasteiger partial charge < -0.3 is 15.3 Å². The van der Waals surface area contributed by atoms with E-state index in [2.05, 4.69) is 9.97 Å². The minimum absolute atomic E-state index is 0.0106. The molecule has 8 heteroatoms. The highest BCUT2D eigenvalue weighted by molar-refractivity contribution is 7.07. The van der Waals surface area contributed by atoms with Crippen molar-refractivity contribution in [2.45, 2.75) is 6.54 Å². The van der Waals surface area contributed by atoms with Gasteiger partial charge in [0.2, 0.25) is 5.95 Å². The van der Waals surface area contributed by atoms with Crippen molar-refractivity contribution in [1.29, 1.82) is 0 Å². The number of nitrogens with one attached hydrogen (secondary N) is 1. The number of nitrogens with two attached hydrogens (primary N) is 1. The average Bonchev–Trinajstić information content (AvgIpc) is 2.87. The van der Waals surface area contributed by atoms with E-state index < -0.39 is 11.6 Å². The van der Waals surface area contributed by atoms with Crippen molar-refractivity contribution in [2.75, 3.05) is 5.73 Å². The third-order valence-electron chi connectivity index (χ3n) is 2.70. The van der Waals surface area contributed by atoms with Crippen LogP contribution in [0.3, 0.4) is 0 Å². The molecule has 1 aromatic carbocycles. The number of rotatable bonds is 2. The lowest BCUT2D eigenvalue weighted by Gasteiger charge is -2.04. The van der Waals surface area contributed by atoms with Crippen LogP contribution in [0.15, 0.2) is 22.3 Å². The van der Waals surface area contributed by atoms with Crippen LogP contribution in [0.4, 0.5) is 14.7 Å². The number of aromatic amines is 1. The minimum Gasteiger partial charge on any atom is -0.369 e. The van der Waals surface area contributed by atoms with Gasteiger partial charge in [0, 0.05) is 23.2 Å². The third-order valence-corrected chi connectivity index (χ3v) is 3.42. The number of H-pyrrole nitrogens is 1. The molecule has 0 unspecified atom stereocenters. The quantitative estimate of drug-likeness (QED) is 0.751. The van der Waals surface area contributed by atoms with Gasteiger partial charge in [-0.1, -0.05) is 11.3 Å². The van der Waals surface area contributed by atoms with Gasteiger partial charge in [0.25, 0.3) is 0 Å². The molecule has 0 bridgehead atoms. The van der Waals surface area contributed by atoms with E-state index in [0.29, 0.717) is 5.69 Å². The summed E-state index contributed by atoms with van der Waals surface area (Å²) in [6.45, 7) is 0.198. The van der Waals surface area contributed by atoms with E-state index >= 15 is 0 Å². The van der Waals surface area contributed by atoms with E-state index in [1.807, 2.05) is 0 Å². The number of hydrogen-bond donors (Lipinski definition) is 2. The van der Waals surface area contributed by atoms with Gasteiger partial charge in [0.05, 0.1) is 12.1 Å². The fourth-order valence-corrected chi connectivity index (χ4v) is 2.47. The van der Waals surface area contributed by atoms with E-state index in [9.17, 15) is 13.6 Å². The summed E-state index contributed by atoms with van der Waals surface area (Å²) in [6.07, 6.45) is 0. The summed E-state index contributed by atoms with van der Waals surface area (Å²) < 4.78 is 28.3. The molecule has 3 aromatic rings. The molecule has 0 spiro atoms. The van der Waals surface area contributed by atoms with Gasteiger partial charge in [0.15, 0.2) is 5.82 Å². The number of nitrogens with zero attached hydrogens (tertiary/aromatic N) is 2. The fraction of sp³-hybridized carbons (Fsp3) is 0.0909. The first-order valence-corrected chi connectivity index (χ1v) is 6.20. The van der Waals surface area contributed by atoms with E-state index in [1.54, 1.807) is 5.38 Å². The highest BCUT2D eigenvalue weighted by Crippen LogP contribution is 2.22. The van der Waals surface area contributed by atoms with Crippen molar-refractivity contribution in [3.05, 3.63) is 44.5 Å². The van der Waals surface area contributed by atoms with Crippen molar-refractivity contribution < 1.29 is 8.78 Å². The Morgan fingerprint density at radius 1 is 1.42 bits per heavy atom. The fourth-order valence-electron chi connectivity index (χ4n) is 1.90. The minimum atomic E-state index is -0.765. The van der Waals surface area contributed by atoms with E-state index in [4.69, 9.17) is 5.73 Å². The molecule has 0 aliphatic heterocycles. The number of imidazole rings is 1. The van der Waals surface area contributed by atoms with Crippen LogP contribution in [0.5, 0.6) is 0 Å². The summed E-state index contributed by atoms with van der Waals surface area (Å²) in [7, 11) is 0. The lowest BCUT2D eigenvalue weighted by Crippen LogP contribution is -2.06. The molecule has 0 saturated carbocycles. The predicted octanol–water partition coefficient (Wildman–Crippen LogP) is 1.69. The highest BCUT2D eigenvalue weighted by Gasteiger charge is 2.14. The Morgan fingerprint density at radius 3 is 2.89 bits per heavy atom. The lowest BCUT2D eigenvalue weighted by molar-refractivity contribution is 0.590. The summed E-state index contributed by atoms with van der Waals surface area (Å²) in [5.41, 5.74) is 6.57. The predicted molar refractivity (Wildman–Crippen MR) is 68.1 cm³/mol. The van der Waals surface area contributed by atoms with Crippen LogP contribution in [0.25, 0.3) is 11.0 Å². The number of nitrogen functional groups attached to an aromatic ring is 1. The normalized spacial score (nSPS) is 11.3. The number of halogens is 2. The van der Waals surface area contributed by atoms with Crippen molar-refractivity contribution in [3.63, 3.8) is 0 Å². The standard InChI is InChI=1S/C11H8F2N4OS/c12-5-1-7(13)9-8(2-5)17(10(14)16-9)3-6-4-19-11(18)15-6/h1-2,4H,3H2,(H2,14,16)(H,15,18). The van der Waals surface area contributed by atoms with E-state index in [1.165, 1.54) is 4.57 Å². The Kier molecular flexibility index (Phi) is 2.59. The van der Waals surface area contributed by atoms with E-state index in [-0.39, 0.29) is 28.4 Å². The molecule has 0 atom stereocenters. The van der Waals surface area contributed by atoms with Crippen LogP contribution in [0.2, 0.25) is 0 Å². The van der Waals surface area contributed by atoms with Crippen LogP contribution in [-0.4, -0.2) is 14.5 Å². The molecule has 0 saturated heterocycles. The molecular formula is C11H8F2N4OS. The summed E-state index contributed by atoms with van der Waals surface area (Å²) in [5, 5.41) is 1.63. The molecule has 0 aliphatic rings. The van der Waals surface area contributed by atoms with Gasteiger partial charge in [-0.15, -0.1) is 0 Å². The van der Waals surface area contributed by atoms with Gasteiger partial charge >= 0.3 is 4.87 Å². The zero-order valence-electron chi connectivity index (χ0n) is 9.48. The second-order valence-corrected chi connectivity index (χ2v) is 4.83. The van der Waals surface area contributed by atoms with E-state index in [0.717, 1.165) is 23.5 Å². The molecule has 0 fully saturated rings. The van der Waals surface area contributed by atoms with Crippen LogP contribution in [0, 0.1) is 11.6 Å². The van der Waals surface area contributed by atoms with Gasteiger partial charge in [-0.2, -0.15) is 0 Å². The van der Waals surface area contributed by atoms with Gasteiger partial charge in [-0.25, -0.2) is 13.8 Å². The number of thiazole rings is 1. The monoisotopic (exact) mass is 282 g/mol. The summed E-state index contributed by atoms with van der Waals surface area (Å²) in [4.78, 5) is 17.3. The van der Waals surface area contributed by atoms with Crippen LogP contribution in [-0.2, 0) is 6.54 Å². The number of benzene rings is 1. The molecule has 19 heavy (non-hydrogen) atoms. The summed E-state index contributed by atoms with van der Waals surface area (Å²) in [6, 6.07) is 1.91. The average molecular weight is 282 g/mol. The molecule has 0 aliphatic carbocycles. The maximum absolute atomic E-state index is 13.6. The van der Waals surface area contributed by atoms with Crippen LogP contribution >= 0.6 is 11.3 Å². The Bertz CT molecular complexity index is 820. The molecule has 3 rings (SSSR count).